The minimum absolute atomic E-state index is 0.0217. The fourth-order valence-corrected chi connectivity index (χ4v) is 5.37. The number of fused-ring (bicyclic) bond motifs is 1. The van der Waals surface area contributed by atoms with Crippen molar-refractivity contribution in [2.75, 3.05) is 25.0 Å². The second-order valence-corrected chi connectivity index (χ2v) is 9.59. The van der Waals surface area contributed by atoms with Crippen molar-refractivity contribution in [1.82, 2.24) is 14.7 Å². The highest BCUT2D eigenvalue weighted by Crippen LogP contribution is 2.40. The summed E-state index contributed by atoms with van der Waals surface area (Å²) < 4.78 is 7.85. The van der Waals surface area contributed by atoms with Gasteiger partial charge in [0.15, 0.2) is 0 Å². The standard InChI is InChI=1S/C27H28BrN5O3/c28-14-10-23(34)32-16-12-18(13-17-32)22-11-15-30-27-24(26(29)35)25(31-33(22)27)19-6-8-21(9-7-19)36-20-4-2-1-3-5-20/h1-10,14,18,22,30H,11-13,15-17H2,(H2,29,35)/b14-10+. The molecule has 1 aromatic heterocycles. The molecule has 0 spiro atoms. The number of anilines is 1. The second kappa shape index (κ2) is 10.6. The number of hydrogen-bond acceptors (Lipinski definition) is 5. The number of carbonyl (C=O) groups excluding carboxylic acids is 2. The van der Waals surface area contributed by atoms with Gasteiger partial charge >= 0.3 is 0 Å². The molecule has 0 saturated carbocycles. The number of primary amides is 1. The van der Waals surface area contributed by atoms with Crippen molar-refractivity contribution in [1.29, 1.82) is 0 Å². The highest BCUT2D eigenvalue weighted by molar-refractivity contribution is 9.11. The fourth-order valence-electron chi connectivity index (χ4n) is 5.14. The van der Waals surface area contributed by atoms with Gasteiger partial charge in [-0.2, -0.15) is 5.10 Å². The van der Waals surface area contributed by atoms with Crippen molar-refractivity contribution in [2.45, 2.75) is 25.3 Å². The number of piperidine rings is 1. The Balaban J connectivity index is 1.39. The average molecular weight is 550 g/mol. The van der Waals surface area contributed by atoms with Gasteiger partial charge in [0.2, 0.25) is 5.91 Å². The van der Waals surface area contributed by atoms with Gasteiger partial charge in [0.1, 0.15) is 28.6 Å². The molecule has 1 unspecified atom stereocenters. The number of carbonyl (C=O) groups is 2. The zero-order valence-electron chi connectivity index (χ0n) is 19.8. The molecular formula is C27H28BrN5O3. The van der Waals surface area contributed by atoms with Crippen LogP contribution in [0.1, 0.15) is 35.7 Å². The number of hydrogen-bond donors (Lipinski definition) is 2. The summed E-state index contributed by atoms with van der Waals surface area (Å²) in [5.41, 5.74) is 7.62. The molecule has 0 radical (unpaired) electrons. The van der Waals surface area contributed by atoms with Crippen molar-refractivity contribution in [3.63, 3.8) is 0 Å². The largest absolute Gasteiger partial charge is 0.457 e. The summed E-state index contributed by atoms with van der Waals surface area (Å²) in [6.45, 7) is 2.16. The Morgan fingerprint density at radius 2 is 1.72 bits per heavy atom. The van der Waals surface area contributed by atoms with Crippen LogP contribution in [0.4, 0.5) is 5.82 Å². The predicted octanol–water partition coefficient (Wildman–Crippen LogP) is 4.95. The van der Waals surface area contributed by atoms with E-state index in [4.69, 9.17) is 15.6 Å². The van der Waals surface area contributed by atoms with Gasteiger partial charge in [-0.05, 0) is 66.6 Å². The van der Waals surface area contributed by atoms with Gasteiger partial charge in [-0.1, -0.05) is 34.1 Å². The Hall–Kier alpha value is -3.59. The monoisotopic (exact) mass is 549 g/mol. The van der Waals surface area contributed by atoms with Gasteiger partial charge in [0, 0.05) is 31.3 Å². The molecule has 0 bridgehead atoms. The van der Waals surface area contributed by atoms with Crippen molar-refractivity contribution >= 4 is 33.6 Å². The van der Waals surface area contributed by atoms with Crippen LogP contribution in [0.25, 0.3) is 11.3 Å². The summed E-state index contributed by atoms with van der Waals surface area (Å²) in [6.07, 6.45) is 4.21. The average Bonchev–Trinajstić information content (AvgIpc) is 3.30. The summed E-state index contributed by atoms with van der Waals surface area (Å²) in [4.78, 5) is 28.2. The minimum Gasteiger partial charge on any atom is -0.457 e. The lowest BCUT2D eigenvalue weighted by Crippen LogP contribution is -2.41. The maximum Gasteiger partial charge on any atom is 0.254 e. The van der Waals surface area contributed by atoms with Crippen LogP contribution in [-0.2, 0) is 4.79 Å². The van der Waals surface area contributed by atoms with Gasteiger partial charge < -0.3 is 20.7 Å². The molecule has 2 aliphatic rings. The lowest BCUT2D eigenvalue weighted by Gasteiger charge is -2.38. The fraction of sp³-hybridized carbons (Fsp3) is 0.296. The van der Waals surface area contributed by atoms with E-state index in [2.05, 4.69) is 21.2 Å². The molecule has 2 amide bonds. The quantitative estimate of drug-likeness (QED) is 0.423. The van der Waals surface area contributed by atoms with Crippen LogP contribution in [0.3, 0.4) is 0 Å². The number of halogens is 1. The van der Waals surface area contributed by atoms with Crippen LogP contribution in [0.2, 0.25) is 0 Å². The summed E-state index contributed by atoms with van der Waals surface area (Å²) in [6, 6.07) is 17.2. The number of nitrogens with one attached hydrogen (secondary N) is 1. The molecule has 1 saturated heterocycles. The summed E-state index contributed by atoms with van der Waals surface area (Å²) >= 11 is 3.18. The highest BCUT2D eigenvalue weighted by atomic mass is 79.9. The number of aromatic nitrogens is 2. The van der Waals surface area contributed by atoms with Crippen LogP contribution in [0.15, 0.2) is 65.7 Å². The second-order valence-electron chi connectivity index (χ2n) is 9.06. The lowest BCUT2D eigenvalue weighted by atomic mass is 9.87. The van der Waals surface area contributed by atoms with E-state index in [1.54, 1.807) is 4.99 Å². The van der Waals surface area contributed by atoms with Crippen molar-refractivity contribution in [2.24, 2.45) is 11.7 Å². The van der Waals surface area contributed by atoms with Gasteiger partial charge in [0.25, 0.3) is 5.91 Å². The zero-order valence-corrected chi connectivity index (χ0v) is 21.4. The third-order valence-electron chi connectivity index (χ3n) is 6.91. The number of benzene rings is 2. The summed E-state index contributed by atoms with van der Waals surface area (Å²) in [7, 11) is 0. The molecule has 5 rings (SSSR count). The molecular weight excluding hydrogens is 522 g/mol. The summed E-state index contributed by atoms with van der Waals surface area (Å²) in [5.74, 6) is 2.00. The third-order valence-corrected chi connectivity index (χ3v) is 7.18. The number of nitrogens with zero attached hydrogens (tertiary/aromatic N) is 3. The number of likely N-dealkylation sites (tertiary alicyclic amines) is 1. The molecule has 3 N–H and O–H groups in total. The Labute approximate surface area is 218 Å². The first-order valence-electron chi connectivity index (χ1n) is 12.1. The number of ether oxygens (including phenoxy) is 1. The molecule has 1 atom stereocenters. The first-order valence-corrected chi connectivity index (χ1v) is 13.0. The molecule has 36 heavy (non-hydrogen) atoms. The first kappa shape index (κ1) is 24.1. The van der Waals surface area contributed by atoms with Crippen molar-refractivity contribution < 1.29 is 14.3 Å². The van der Waals surface area contributed by atoms with E-state index in [1.165, 1.54) is 6.08 Å². The van der Waals surface area contributed by atoms with Gasteiger partial charge in [0.05, 0.1) is 6.04 Å². The smallest absolute Gasteiger partial charge is 0.254 e. The molecule has 9 heteroatoms. The van der Waals surface area contributed by atoms with E-state index in [0.29, 0.717) is 41.8 Å². The topological polar surface area (TPSA) is 102 Å². The number of para-hydroxylation sites is 1. The molecule has 186 valence electrons. The van der Waals surface area contributed by atoms with E-state index < -0.39 is 5.91 Å². The van der Waals surface area contributed by atoms with E-state index in [0.717, 1.165) is 37.1 Å². The maximum absolute atomic E-state index is 12.5. The van der Waals surface area contributed by atoms with E-state index in [9.17, 15) is 9.59 Å². The number of rotatable bonds is 6. The number of amides is 2. The van der Waals surface area contributed by atoms with Gasteiger partial charge in [-0.25, -0.2) is 4.68 Å². The Bertz CT molecular complexity index is 1260. The normalized spacial score (nSPS) is 18.0. The van der Waals surface area contributed by atoms with Crippen LogP contribution in [0, 0.1) is 5.92 Å². The minimum atomic E-state index is -0.508. The molecule has 8 nitrogen and oxygen atoms in total. The van der Waals surface area contributed by atoms with Crippen LogP contribution in [0.5, 0.6) is 11.5 Å². The molecule has 3 heterocycles. The van der Waals surface area contributed by atoms with E-state index >= 15 is 0 Å². The molecule has 2 aromatic carbocycles. The molecule has 0 aliphatic carbocycles. The summed E-state index contributed by atoms with van der Waals surface area (Å²) in [5, 5.41) is 8.27. The Kier molecular flexibility index (Phi) is 7.09. The maximum atomic E-state index is 12.5. The zero-order chi connectivity index (χ0) is 25.1. The first-order chi connectivity index (χ1) is 17.5. The Morgan fingerprint density at radius 3 is 2.39 bits per heavy atom. The van der Waals surface area contributed by atoms with Crippen LogP contribution < -0.4 is 15.8 Å². The van der Waals surface area contributed by atoms with Crippen molar-refractivity contribution in [3.8, 4) is 22.8 Å². The molecule has 1 fully saturated rings. The highest BCUT2D eigenvalue weighted by Gasteiger charge is 2.35. The number of nitrogens with two attached hydrogens (primary N) is 1. The van der Waals surface area contributed by atoms with Crippen LogP contribution in [-0.4, -0.2) is 46.1 Å². The molecule has 2 aliphatic heterocycles. The SMILES string of the molecule is NC(=O)c1c(-c2ccc(Oc3ccccc3)cc2)nn2c1NCCC2C1CCN(C(=O)/C=C/Br)CC1. The van der Waals surface area contributed by atoms with Crippen molar-refractivity contribution in [3.05, 3.63) is 71.2 Å². The van der Waals surface area contributed by atoms with Gasteiger partial charge in [-0.3, -0.25) is 9.59 Å². The van der Waals surface area contributed by atoms with Crippen LogP contribution >= 0.6 is 15.9 Å². The van der Waals surface area contributed by atoms with E-state index in [1.807, 2.05) is 64.2 Å². The molecule has 3 aromatic rings. The van der Waals surface area contributed by atoms with E-state index in [-0.39, 0.29) is 11.9 Å². The predicted molar refractivity (Wildman–Crippen MR) is 142 cm³/mol. The lowest BCUT2D eigenvalue weighted by molar-refractivity contribution is -0.127. The van der Waals surface area contributed by atoms with Gasteiger partial charge in [-0.15, -0.1) is 0 Å². The Morgan fingerprint density at radius 1 is 1.03 bits per heavy atom. The third kappa shape index (κ3) is 4.88.